The number of nitrogens with zero attached hydrogens (tertiary/aromatic N) is 1. The minimum Gasteiger partial charge on any atom is -0.307 e. The normalized spacial score (nSPS) is 13.8. The molecular weight excluding hydrogens is 172 g/mol. The zero-order valence-electron chi connectivity index (χ0n) is 10.2. The summed E-state index contributed by atoms with van der Waals surface area (Å²) in [4.78, 5) is 0. The van der Waals surface area contributed by atoms with Crippen molar-refractivity contribution in [3.05, 3.63) is 0 Å². The third kappa shape index (κ3) is 8.09. The van der Waals surface area contributed by atoms with E-state index in [4.69, 9.17) is 0 Å². The van der Waals surface area contributed by atoms with E-state index < -0.39 is 0 Å². The third-order valence-corrected chi connectivity index (χ3v) is 2.17. The van der Waals surface area contributed by atoms with Crippen molar-refractivity contribution in [1.82, 2.24) is 5.43 Å². The van der Waals surface area contributed by atoms with Crippen LogP contribution >= 0.6 is 0 Å². The Hall–Kier alpha value is -0.530. The Balaban J connectivity index is 3.71. The van der Waals surface area contributed by atoms with E-state index in [2.05, 4.69) is 38.2 Å². The quantitative estimate of drug-likeness (QED) is 0.468. The summed E-state index contributed by atoms with van der Waals surface area (Å²) < 4.78 is 0. The molecule has 2 heteroatoms. The van der Waals surface area contributed by atoms with Crippen molar-refractivity contribution >= 4 is 6.21 Å². The predicted octanol–water partition coefficient (Wildman–Crippen LogP) is 3.58. The molecule has 0 rings (SSSR count). The fraction of sp³-hybridized carbons (Fsp3) is 0.917. The molecule has 0 aromatic heterocycles. The highest BCUT2D eigenvalue weighted by atomic mass is 15.3. The molecule has 0 aromatic carbocycles. The molecule has 0 fully saturated rings. The SMILES string of the molecule is CCCCC(CCC)N/N=C/C(C)C. The van der Waals surface area contributed by atoms with Gasteiger partial charge in [0.1, 0.15) is 0 Å². The van der Waals surface area contributed by atoms with Crippen LogP contribution in [0, 0.1) is 5.92 Å². The molecule has 0 saturated carbocycles. The molecule has 0 aliphatic rings. The number of hydrazone groups is 1. The van der Waals surface area contributed by atoms with Gasteiger partial charge in [0, 0.05) is 12.3 Å². The Bertz CT molecular complexity index is 141. The van der Waals surface area contributed by atoms with Crippen LogP contribution in [0.5, 0.6) is 0 Å². The van der Waals surface area contributed by atoms with E-state index in [0.717, 1.165) is 0 Å². The van der Waals surface area contributed by atoms with Crippen LogP contribution in [0.3, 0.4) is 0 Å². The standard InChI is InChI=1S/C12H26N2/c1-5-7-9-12(8-6-2)14-13-10-11(3)4/h10-12,14H,5-9H2,1-4H3/b13-10+. The van der Waals surface area contributed by atoms with Crippen molar-refractivity contribution in [2.45, 2.75) is 65.8 Å². The second-order valence-corrected chi connectivity index (χ2v) is 4.28. The molecule has 0 aliphatic heterocycles. The summed E-state index contributed by atoms with van der Waals surface area (Å²) in [5.74, 6) is 0.538. The minimum atomic E-state index is 0.538. The van der Waals surface area contributed by atoms with Gasteiger partial charge < -0.3 is 5.43 Å². The lowest BCUT2D eigenvalue weighted by Gasteiger charge is -2.15. The zero-order valence-corrected chi connectivity index (χ0v) is 10.2. The topological polar surface area (TPSA) is 24.4 Å². The van der Waals surface area contributed by atoms with E-state index >= 15 is 0 Å². The number of hydrogen-bond acceptors (Lipinski definition) is 2. The first-order valence-corrected chi connectivity index (χ1v) is 5.99. The summed E-state index contributed by atoms with van der Waals surface area (Å²) in [6, 6.07) is 0.579. The van der Waals surface area contributed by atoms with Crippen LogP contribution in [-0.4, -0.2) is 12.3 Å². The van der Waals surface area contributed by atoms with Gasteiger partial charge in [-0.25, -0.2) is 0 Å². The van der Waals surface area contributed by atoms with Crippen LogP contribution in [0.2, 0.25) is 0 Å². The van der Waals surface area contributed by atoms with Crippen LogP contribution in [0.1, 0.15) is 59.8 Å². The van der Waals surface area contributed by atoms with Crippen LogP contribution in [0.15, 0.2) is 5.10 Å². The van der Waals surface area contributed by atoms with Gasteiger partial charge in [0.15, 0.2) is 0 Å². The lowest BCUT2D eigenvalue weighted by atomic mass is 10.1. The van der Waals surface area contributed by atoms with E-state index in [0.29, 0.717) is 12.0 Å². The maximum Gasteiger partial charge on any atom is 0.0440 e. The average molecular weight is 198 g/mol. The zero-order chi connectivity index (χ0) is 10.8. The fourth-order valence-electron chi connectivity index (χ4n) is 1.37. The number of nitrogens with one attached hydrogen (secondary N) is 1. The molecule has 1 atom stereocenters. The van der Waals surface area contributed by atoms with Crippen molar-refractivity contribution in [3.8, 4) is 0 Å². The maximum absolute atomic E-state index is 4.27. The summed E-state index contributed by atoms with van der Waals surface area (Å²) in [5.41, 5.74) is 3.26. The minimum absolute atomic E-state index is 0.538. The van der Waals surface area contributed by atoms with Crippen molar-refractivity contribution in [2.75, 3.05) is 0 Å². The highest BCUT2D eigenvalue weighted by molar-refractivity contribution is 5.59. The van der Waals surface area contributed by atoms with Crippen molar-refractivity contribution < 1.29 is 0 Å². The first kappa shape index (κ1) is 13.5. The van der Waals surface area contributed by atoms with Gasteiger partial charge in [-0.15, -0.1) is 0 Å². The largest absolute Gasteiger partial charge is 0.307 e. The van der Waals surface area contributed by atoms with Gasteiger partial charge in [-0.3, -0.25) is 0 Å². The van der Waals surface area contributed by atoms with Gasteiger partial charge in [-0.05, 0) is 18.8 Å². The number of hydrogen-bond donors (Lipinski definition) is 1. The first-order valence-electron chi connectivity index (χ1n) is 5.99. The van der Waals surface area contributed by atoms with Crippen molar-refractivity contribution in [3.63, 3.8) is 0 Å². The summed E-state index contributed by atoms with van der Waals surface area (Å²) in [7, 11) is 0. The molecule has 0 aromatic rings. The fourth-order valence-corrected chi connectivity index (χ4v) is 1.37. The smallest absolute Gasteiger partial charge is 0.0440 e. The molecule has 84 valence electrons. The highest BCUT2D eigenvalue weighted by Gasteiger charge is 2.04. The highest BCUT2D eigenvalue weighted by Crippen LogP contribution is 2.06. The lowest BCUT2D eigenvalue weighted by Crippen LogP contribution is -2.24. The van der Waals surface area contributed by atoms with Crippen LogP contribution < -0.4 is 5.43 Å². The molecule has 1 unspecified atom stereocenters. The molecule has 14 heavy (non-hydrogen) atoms. The van der Waals surface area contributed by atoms with Gasteiger partial charge in [0.05, 0.1) is 0 Å². The second-order valence-electron chi connectivity index (χ2n) is 4.28. The number of rotatable bonds is 8. The maximum atomic E-state index is 4.27. The van der Waals surface area contributed by atoms with Crippen LogP contribution in [0.4, 0.5) is 0 Å². The molecular formula is C12H26N2. The van der Waals surface area contributed by atoms with E-state index in [1.54, 1.807) is 0 Å². The summed E-state index contributed by atoms with van der Waals surface area (Å²) >= 11 is 0. The summed E-state index contributed by atoms with van der Waals surface area (Å²) in [5, 5.41) is 4.27. The average Bonchev–Trinajstić information content (AvgIpc) is 2.13. The molecule has 1 N–H and O–H groups in total. The van der Waals surface area contributed by atoms with E-state index in [1.165, 1.54) is 32.1 Å². The Labute approximate surface area is 89.2 Å². The Morgan fingerprint density at radius 2 is 1.86 bits per heavy atom. The van der Waals surface area contributed by atoms with Gasteiger partial charge >= 0.3 is 0 Å². The molecule has 0 aliphatic carbocycles. The number of unbranched alkanes of at least 4 members (excludes halogenated alkanes) is 1. The molecule has 0 radical (unpaired) electrons. The summed E-state index contributed by atoms with van der Waals surface area (Å²) in [6.07, 6.45) is 8.27. The van der Waals surface area contributed by atoms with Gasteiger partial charge in [-0.1, -0.05) is 47.0 Å². The van der Waals surface area contributed by atoms with Gasteiger partial charge in [0.25, 0.3) is 0 Å². The van der Waals surface area contributed by atoms with Crippen molar-refractivity contribution in [1.29, 1.82) is 0 Å². The lowest BCUT2D eigenvalue weighted by molar-refractivity contribution is 0.446. The molecule has 0 bridgehead atoms. The Kier molecular flexibility index (Phi) is 8.70. The van der Waals surface area contributed by atoms with E-state index in [-0.39, 0.29) is 0 Å². The van der Waals surface area contributed by atoms with E-state index in [1.807, 2.05) is 6.21 Å². The summed E-state index contributed by atoms with van der Waals surface area (Å²) in [6.45, 7) is 8.76. The second kappa shape index (κ2) is 9.04. The molecule has 0 saturated heterocycles. The van der Waals surface area contributed by atoms with Gasteiger partial charge in [-0.2, -0.15) is 5.10 Å². The Morgan fingerprint density at radius 3 is 2.36 bits per heavy atom. The molecule has 0 heterocycles. The third-order valence-electron chi connectivity index (χ3n) is 2.17. The Morgan fingerprint density at radius 1 is 1.14 bits per heavy atom. The first-order chi connectivity index (χ1) is 6.70. The van der Waals surface area contributed by atoms with Gasteiger partial charge in [0.2, 0.25) is 0 Å². The monoisotopic (exact) mass is 198 g/mol. The van der Waals surface area contributed by atoms with Crippen LogP contribution in [0.25, 0.3) is 0 Å². The van der Waals surface area contributed by atoms with Crippen molar-refractivity contribution in [2.24, 2.45) is 11.0 Å². The molecule has 2 nitrogen and oxygen atoms in total. The van der Waals surface area contributed by atoms with Crippen LogP contribution in [-0.2, 0) is 0 Å². The molecule has 0 amide bonds. The predicted molar refractivity (Wildman–Crippen MR) is 64.7 cm³/mol. The molecule has 0 spiro atoms. The van der Waals surface area contributed by atoms with E-state index in [9.17, 15) is 0 Å².